The first-order chi connectivity index (χ1) is 10.4. The van der Waals surface area contributed by atoms with Crippen molar-refractivity contribution in [2.24, 2.45) is 5.84 Å². The van der Waals surface area contributed by atoms with Crippen molar-refractivity contribution in [3.8, 4) is 0 Å². The number of para-hydroxylation sites is 1. The Morgan fingerprint density at radius 2 is 2.14 bits per heavy atom. The van der Waals surface area contributed by atoms with Crippen LogP contribution in [0.1, 0.15) is 35.4 Å². The minimum absolute atomic E-state index is 0.0476. The molecule has 2 atom stereocenters. The molecule has 0 aliphatic heterocycles. The molecule has 4 heteroatoms. The molecule has 4 rings (SSSR count). The van der Waals surface area contributed by atoms with Crippen molar-refractivity contribution in [1.82, 2.24) is 10.4 Å². The number of rotatable bonds is 3. The monoisotopic (exact) mass is 279 g/mol. The number of nitrogens with zero attached hydrogens (tertiary/aromatic N) is 1. The Bertz CT molecular complexity index is 747. The Hall–Kier alpha value is -2.17. The fourth-order valence-electron chi connectivity index (χ4n) is 3.32. The van der Waals surface area contributed by atoms with E-state index in [2.05, 4.69) is 28.6 Å². The first-order valence-electron chi connectivity index (χ1n) is 7.25. The van der Waals surface area contributed by atoms with Gasteiger partial charge in [-0.15, -0.1) is 0 Å². The van der Waals surface area contributed by atoms with Crippen molar-refractivity contribution >= 4 is 11.0 Å². The van der Waals surface area contributed by atoms with Gasteiger partial charge in [-0.1, -0.05) is 24.3 Å². The number of hydrogen-bond donors (Lipinski definition) is 2. The van der Waals surface area contributed by atoms with Crippen LogP contribution in [0, 0.1) is 0 Å². The molecule has 2 aromatic heterocycles. The molecule has 0 saturated carbocycles. The van der Waals surface area contributed by atoms with Gasteiger partial charge in [-0.3, -0.25) is 10.8 Å². The zero-order valence-electron chi connectivity index (χ0n) is 11.6. The number of aryl methyl sites for hydroxylation is 1. The first-order valence-corrected chi connectivity index (χ1v) is 7.25. The van der Waals surface area contributed by atoms with Gasteiger partial charge in [-0.2, -0.15) is 0 Å². The van der Waals surface area contributed by atoms with Crippen molar-refractivity contribution in [2.45, 2.75) is 24.8 Å². The van der Waals surface area contributed by atoms with Crippen LogP contribution in [0.3, 0.4) is 0 Å². The lowest BCUT2D eigenvalue weighted by molar-refractivity contribution is 0.376. The topological polar surface area (TPSA) is 64.1 Å². The summed E-state index contributed by atoms with van der Waals surface area (Å²) in [6.07, 6.45) is 3.94. The van der Waals surface area contributed by atoms with E-state index in [1.165, 1.54) is 5.56 Å². The molecule has 0 fully saturated rings. The molecule has 0 spiro atoms. The molecule has 1 aliphatic carbocycles. The average Bonchev–Trinajstić information content (AvgIpc) is 3.13. The summed E-state index contributed by atoms with van der Waals surface area (Å²) in [4.78, 5) is 4.55. The molecule has 4 nitrogen and oxygen atoms in total. The third-order valence-corrected chi connectivity index (χ3v) is 4.34. The number of hydrazine groups is 1. The molecule has 1 aromatic carbocycles. The van der Waals surface area contributed by atoms with E-state index in [1.54, 1.807) is 0 Å². The lowest BCUT2D eigenvalue weighted by Gasteiger charge is -2.20. The zero-order chi connectivity index (χ0) is 14.2. The third kappa shape index (κ3) is 2.04. The summed E-state index contributed by atoms with van der Waals surface area (Å²) in [5, 5.41) is 1.10. The highest BCUT2D eigenvalue weighted by Crippen LogP contribution is 2.41. The van der Waals surface area contributed by atoms with Crippen LogP contribution < -0.4 is 11.3 Å². The maximum Gasteiger partial charge on any atom is 0.134 e. The summed E-state index contributed by atoms with van der Waals surface area (Å²) in [6, 6.07) is 14.2. The number of fused-ring (bicyclic) bond motifs is 2. The molecule has 0 bridgehead atoms. The minimum atomic E-state index is -0.0476. The van der Waals surface area contributed by atoms with Gasteiger partial charge in [0.2, 0.25) is 0 Å². The summed E-state index contributed by atoms with van der Waals surface area (Å²) in [5.41, 5.74) is 6.28. The molecule has 0 saturated heterocycles. The van der Waals surface area contributed by atoms with Crippen molar-refractivity contribution in [3.63, 3.8) is 0 Å². The smallest absolute Gasteiger partial charge is 0.134 e. The summed E-state index contributed by atoms with van der Waals surface area (Å²) >= 11 is 0. The van der Waals surface area contributed by atoms with Gasteiger partial charge in [0, 0.05) is 23.2 Å². The van der Waals surface area contributed by atoms with Crippen LogP contribution in [0.15, 0.2) is 53.1 Å². The second kappa shape index (κ2) is 4.98. The Kier molecular flexibility index (Phi) is 2.98. The van der Waals surface area contributed by atoms with E-state index in [0.717, 1.165) is 35.3 Å². The Balaban J connectivity index is 1.75. The van der Waals surface area contributed by atoms with Gasteiger partial charge < -0.3 is 4.42 Å². The molecule has 106 valence electrons. The second-order valence-electron chi connectivity index (χ2n) is 5.52. The van der Waals surface area contributed by atoms with Crippen LogP contribution in [-0.2, 0) is 6.42 Å². The standard InChI is InChI=1S/C17H17N3O/c18-20-17(13-8-7-11-5-3-9-19-16(11)13)15-10-12-4-1-2-6-14(12)21-15/h1-6,9-10,13,17,20H,7-8,18H2. The number of benzene rings is 1. The number of aromatic nitrogens is 1. The fourth-order valence-corrected chi connectivity index (χ4v) is 3.32. The van der Waals surface area contributed by atoms with Gasteiger partial charge in [0.25, 0.3) is 0 Å². The van der Waals surface area contributed by atoms with E-state index in [0.29, 0.717) is 0 Å². The van der Waals surface area contributed by atoms with Crippen LogP contribution in [0.4, 0.5) is 0 Å². The summed E-state index contributed by atoms with van der Waals surface area (Å²) in [5.74, 6) is 6.96. The maximum atomic E-state index is 5.98. The normalized spacial score (nSPS) is 18.8. The van der Waals surface area contributed by atoms with E-state index >= 15 is 0 Å². The van der Waals surface area contributed by atoms with E-state index in [1.807, 2.05) is 30.5 Å². The summed E-state index contributed by atoms with van der Waals surface area (Å²) < 4.78 is 5.98. The molecule has 3 N–H and O–H groups in total. The highest BCUT2D eigenvalue weighted by atomic mass is 16.3. The number of nitrogens with one attached hydrogen (secondary N) is 1. The van der Waals surface area contributed by atoms with Crippen LogP contribution in [0.2, 0.25) is 0 Å². The molecule has 2 unspecified atom stereocenters. The van der Waals surface area contributed by atoms with Gasteiger partial charge in [-0.05, 0) is 36.6 Å². The highest BCUT2D eigenvalue weighted by Gasteiger charge is 2.33. The van der Waals surface area contributed by atoms with E-state index < -0.39 is 0 Å². The highest BCUT2D eigenvalue weighted by molar-refractivity contribution is 5.77. The molecular weight excluding hydrogens is 262 g/mol. The molecule has 0 radical (unpaired) electrons. The van der Waals surface area contributed by atoms with Gasteiger partial charge in [0.15, 0.2) is 0 Å². The maximum absolute atomic E-state index is 5.98. The molecular formula is C17H17N3O. The van der Waals surface area contributed by atoms with E-state index in [9.17, 15) is 0 Å². The molecule has 1 aliphatic rings. The van der Waals surface area contributed by atoms with Gasteiger partial charge in [0.1, 0.15) is 11.3 Å². The first kappa shape index (κ1) is 12.6. The van der Waals surface area contributed by atoms with Gasteiger partial charge >= 0.3 is 0 Å². The average molecular weight is 279 g/mol. The Labute approximate surface area is 122 Å². The largest absolute Gasteiger partial charge is 0.459 e. The van der Waals surface area contributed by atoms with Gasteiger partial charge in [-0.25, -0.2) is 5.43 Å². The van der Waals surface area contributed by atoms with Crippen LogP contribution in [0.5, 0.6) is 0 Å². The number of nitrogens with two attached hydrogens (primary N) is 1. The fraction of sp³-hybridized carbons (Fsp3) is 0.235. The van der Waals surface area contributed by atoms with Crippen molar-refractivity contribution in [3.05, 3.63) is 65.7 Å². The predicted octanol–water partition coefficient (Wildman–Crippen LogP) is 3.06. The van der Waals surface area contributed by atoms with E-state index in [4.69, 9.17) is 10.3 Å². The number of pyridine rings is 1. The Morgan fingerprint density at radius 1 is 1.24 bits per heavy atom. The van der Waals surface area contributed by atoms with Crippen LogP contribution >= 0.6 is 0 Å². The summed E-state index contributed by atoms with van der Waals surface area (Å²) in [7, 11) is 0. The Morgan fingerprint density at radius 3 is 3.00 bits per heavy atom. The third-order valence-electron chi connectivity index (χ3n) is 4.34. The molecule has 3 aromatic rings. The number of hydrogen-bond acceptors (Lipinski definition) is 4. The molecule has 0 amide bonds. The molecule has 2 heterocycles. The second-order valence-corrected chi connectivity index (χ2v) is 5.52. The quantitative estimate of drug-likeness (QED) is 0.571. The minimum Gasteiger partial charge on any atom is -0.459 e. The van der Waals surface area contributed by atoms with Crippen molar-refractivity contribution in [1.29, 1.82) is 0 Å². The van der Waals surface area contributed by atoms with Gasteiger partial charge in [0.05, 0.1) is 6.04 Å². The summed E-state index contributed by atoms with van der Waals surface area (Å²) in [6.45, 7) is 0. The zero-order valence-corrected chi connectivity index (χ0v) is 11.6. The van der Waals surface area contributed by atoms with Crippen LogP contribution in [0.25, 0.3) is 11.0 Å². The predicted molar refractivity (Wildman–Crippen MR) is 81.6 cm³/mol. The van der Waals surface area contributed by atoms with Crippen LogP contribution in [-0.4, -0.2) is 4.98 Å². The number of furan rings is 1. The SMILES string of the molecule is NNC(c1cc2ccccc2o1)C1CCc2cccnc21. The van der Waals surface area contributed by atoms with E-state index in [-0.39, 0.29) is 12.0 Å². The van der Waals surface area contributed by atoms with Crippen molar-refractivity contribution in [2.75, 3.05) is 0 Å². The lowest BCUT2D eigenvalue weighted by Crippen LogP contribution is -2.32. The van der Waals surface area contributed by atoms with Crippen molar-refractivity contribution < 1.29 is 4.42 Å². The molecule has 21 heavy (non-hydrogen) atoms. The lowest BCUT2D eigenvalue weighted by atomic mass is 9.95.